The van der Waals surface area contributed by atoms with Gasteiger partial charge in [-0.05, 0) is 22.0 Å². The number of benzene rings is 1. The maximum Gasteiger partial charge on any atom is 0.339 e. The summed E-state index contributed by atoms with van der Waals surface area (Å²) in [4.78, 5) is 11.5. The molecule has 0 aromatic heterocycles. The van der Waals surface area contributed by atoms with Crippen molar-refractivity contribution in [2.45, 2.75) is 0 Å². The number of carbonyl (C=O) groups is 1. The Labute approximate surface area is 100 Å². The second-order valence-corrected chi connectivity index (χ2v) is 3.79. The minimum Gasteiger partial charge on any atom is -0.493 e. The van der Waals surface area contributed by atoms with Gasteiger partial charge in [-0.2, -0.15) is 0 Å². The van der Waals surface area contributed by atoms with Crippen LogP contribution >= 0.6 is 15.9 Å². The molecule has 0 N–H and O–H groups in total. The molecule has 5 nitrogen and oxygen atoms in total. The fraction of sp³-hybridized carbons (Fsp3) is 0.300. The van der Waals surface area contributed by atoms with Gasteiger partial charge in [-0.3, -0.25) is 0 Å². The number of halogens is 1. The first-order valence-corrected chi connectivity index (χ1v) is 5.22. The van der Waals surface area contributed by atoms with Crippen molar-refractivity contribution in [1.82, 2.24) is 0 Å². The first-order chi connectivity index (χ1) is 7.69. The molecule has 6 heteroatoms. The van der Waals surface area contributed by atoms with E-state index < -0.39 is 5.97 Å². The summed E-state index contributed by atoms with van der Waals surface area (Å²) in [6.45, 7) is 0.106. The van der Waals surface area contributed by atoms with E-state index >= 15 is 0 Å². The lowest BCUT2D eigenvalue weighted by molar-refractivity contribution is 0.0599. The minimum absolute atomic E-state index is 0.106. The van der Waals surface area contributed by atoms with Crippen molar-refractivity contribution in [3.05, 3.63) is 16.1 Å². The van der Waals surface area contributed by atoms with Gasteiger partial charge in [0.2, 0.25) is 12.5 Å². The van der Waals surface area contributed by atoms with E-state index in [1.165, 1.54) is 14.2 Å². The van der Waals surface area contributed by atoms with Gasteiger partial charge in [0.25, 0.3) is 0 Å². The Hall–Kier alpha value is -1.43. The normalized spacial score (nSPS) is 12.4. The summed E-state index contributed by atoms with van der Waals surface area (Å²) in [7, 11) is 2.80. The van der Waals surface area contributed by atoms with Gasteiger partial charge in [-0.25, -0.2) is 4.79 Å². The molecule has 86 valence electrons. The summed E-state index contributed by atoms with van der Waals surface area (Å²) in [5, 5.41) is 0. The summed E-state index contributed by atoms with van der Waals surface area (Å²) in [5.41, 5.74) is 0.337. The molecular formula is C10H9BrO5. The van der Waals surface area contributed by atoms with E-state index in [2.05, 4.69) is 20.7 Å². The highest BCUT2D eigenvalue weighted by Gasteiger charge is 2.27. The molecule has 1 aliphatic rings. The van der Waals surface area contributed by atoms with Gasteiger partial charge in [0.1, 0.15) is 0 Å². The summed E-state index contributed by atoms with van der Waals surface area (Å²) in [6.07, 6.45) is 0. The highest BCUT2D eigenvalue weighted by molar-refractivity contribution is 9.10. The summed E-state index contributed by atoms with van der Waals surface area (Å²) in [6, 6.07) is 1.55. The first-order valence-electron chi connectivity index (χ1n) is 4.43. The summed E-state index contributed by atoms with van der Waals surface area (Å²) < 4.78 is 20.8. The van der Waals surface area contributed by atoms with Gasteiger partial charge in [0.05, 0.1) is 24.3 Å². The second-order valence-electron chi connectivity index (χ2n) is 3.00. The van der Waals surface area contributed by atoms with E-state index in [1.807, 2.05) is 0 Å². The number of fused-ring (bicyclic) bond motifs is 1. The molecule has 0 bridgehead atoms. The zero-order valence-corrected chi connectivity index (χ0v) is 10.3. The molecule has 0 radical (unpaired) electrons. The lowest BCUT2D eigenvalue weighted by Crippen LogP contribution is -2.03. The number of hydrogen-bond donors (Lipinski definition) is 0. The highest BCUT2D eigenvalue weighted by atomic mass is 79.9. The van der Waals surface area contributed by atoms with Crippen LogP contribution in [0.4, 0.5) is 0 Å². The average molecular weight is 289 g/mol. The molecule has 0 fully saturated rings. The van der Waals surface area contributed by atoms with Crippen LogP contribution in [0.3, 0.4) is 0 Å². The van der Waals surface area contributed by atoms with Gasteiger partial charge < -0.3 is 18.9 Å². The Morgan fingerprint density at radius 2 is 2.06 bits per heavy atom. The third-order valence-electron chi connectivity index (χ3n) is 2.17. The molecule has 0 spiro atoms. The Morgan fingerprint density at radius 3 is 2.69 bits per heavy atom. The third kappa shape index (κ3) is 1.59. The topological polar surface area (TPSA) is 54.0 Å². The second kappa shape index (κ2) is 4.21. The fourth-order valence-electron chi connectivity index (χ4n) is 1.42. The van der Waals surface area contributed by atoms with Crippen molar-refractivity contribution in [3.8, 4) is 17.2 Å². The maximum atomic E-state index is 11.5. The Morgan fingerprint density at radius 1 is 1.38 bits per heavy atom. The molecule has 0 saturated carbocycles. The Balaban J connectivity index is 2.60. The molecule has 2 rings (SSSR count). The number of carbonyl (C=O) groups excluding carboxylic acids is 1. The molecular weight excluding hydrogens is 280 g/mol. The highest BCUT2D eigenvalue weighted by Crippen LogP contribution is 2.47. The van der Waals surface area contributed by atoms with Crippen molar-refractivity contribution >= 4 is 21.9 Å². The van der Waals surface area contributed by atoms with Crippen LogP contribution in [0.2, 0.25) is 0 Å². The quantitative estimate of drug-likeness (QED) is 0.779. The summed E-state index contributed by atoms with van der Waals surface area (Å²) in [5.74, 6) is 0.918. The molecule has 1 aromatic rings. The van der Waals surface area contributed by atoms with Crippen LogP contribution in [0.5, 0.6) is 17.2 Å². The number of ether oxygens (including phenoxy) is 4. The van der Waals surface area contributed by atoms with Crippen LogP contribution in [0, 0.1) is 0 Å². The average Bonchev–Trinajstić information content (AvgIpc) is 2.78. The Bertz CT molecular complexity index is 443. The lowest BCUT2D eigenvalue weighted by Gasteiger charge is -2.09. The molecule has 0 unspecified atom stereocenters. The van der Waals surface area contributed by atoms with Crippen molar-refractivity contribution in [1.29, 1.82) is 0 Å². The van der Waals surface area contributed by atoms with Crippen LogP contribution in [0.1, 0.15) is 10.4 Å². The zero-order valence-electron chi connectivity index (χ0n) is 8.70. The van der Waals surface area contributed by atoms with E-state index in [0.717, 1.165) is 0 Å². The van der Waals surface area contributed by atoms with Crippen molar-refractivity contribution in [2.24, 2.45) is 0 Å². The molecule has 0 aliphatic carbocycles. The maximum absolute atomic E-state index is 11.5. The molecule has 1 aliphatic heterocycles. The monoisotopic (exact) mass is 288 g/mol. The largest absolute Gasteiger partial charge is 0.493 e. The molecule has 0 amide bonds. The minimum atomic E-state index is -0.469. The van der Waals surface area contributed by atoms with Crippen LogP contribution < -0.4 is 14.2 Å². The van der Waals surface area contributed by atoms with Crippen molar-refractivity contribution < 1.29 is 23.7 Å². The van der Waals surface area contributed by atoms with Crippen molar-refractivity contribution in [2.75, 3.05) is 21.0 Å². The van der Waals surface area contributed by atoms with Gasteiger partial charge in [-0.1, -0.05) is 0 Å². The van der Waals surface area contributed by atoms with E-state index in [-0.39, 0.29) is 6.79 Å². The third-order valence-corrected chi connectivity index (χ3v) is 2.96. The van der Waals surface area contributed by atoms with Crippen molar-refractivity contribution in [3.63, 3.8) is 0 Å². The standard InChI is InChI=1S/C10H9BrO5/c1-13-6-3-5(10(12)14-2)7(11)9-8(6)15-4-16-9/h3H,4H2,1-2H3. The van der Waals surface area contributed by atoms with E-state index in [0.29, 0.717) is 27.3 Å². The van der Waals surface area contributed by atoms with Gasteiger partial charge in [-0.15, -0.1) is 0 Å². The SMILES string of the molecule is COC(=O)c1cc(OC)c2c(c1Br)OCO2. The van der Waals surface area contributed by atoms with Crippen LogP contribution in [-0.4, -0.2) is 27.0 Å². The van der Waals surface area contributed by atoms with Crippen LogP contribution in [0.25, 0.3) is 0 Å². The van der Waals surface area contributed by atoms with E-state index in [4.69, 9.17) is 14.2 Å². The van der Waals surface area contributed by atoms with Crippen LogP contribution in [0.15, 0.2) is 10.5 Å². The molecule has 0 saturated heterocycles. The number of esters is 1. The molecule has 16 heavy (non-hydrogen) atoms. The number of hydrogen-bond acceptors (Lipinski definition) is 5. The van der Waals surface area contributed by atoms with Crippen LogP contribution in [-0.2, 0) is 4.74 Å². The lowest BCUT2D eigenvalue weighted by atomic mass is 10.2. The first kappa shape index (κ1) is 11.1. The molecule has 1 aromatic carbocycles. The number of methoxy groups -OCH3 is 2. The van der Waals surface area contributed by atoms with E-state index in [1.54, 1.807) is 6.07 Å². The Kier molecular flexibility index (Phi) is 2.91. The molecule has 1 heterocycles. The summed E-state index contributed by atoms with van der Waals surface area (Å²) >= 11 is 3.28. The fourth-order valence-corrected chi connectivity index (χ4v) is 1.99. The predicted molar refractivity (Wildman–Crippen MR) is 58.2 cm³/mol. The molecule has 0 atom stereocenters. The van der Waals surface area contributed by atoms with Gasteiger partial charge >= 0.3 is 5.97 Å². The number of rotatable bonds is 2. The predicted octanol–water partition coefficient (Wildman–Crippen LogP) is 1.97. The van der Waals surface area contributed by atoms with Gasteiger partial charge in [0.15, 0.2) is 11.5 Å². The smallest absolute Gasteiger partial charge is 0.339 e. The van der Waals surface area contributed by atoms with E-state index in [9.17, 15) is 4.79 Å². The zero-order chi connectivity index (χ0) is 11.7. The van der Waals surface area contributed by atoms with Gasteiger partial charge in [0, 0.05) is 0 Å².